The number of rotatable bonds is 18. The Morgan fingerprint density at radius 1 is 0.900 bits per heavy atom. The zero-order chi connectivity index (χ0) is 21.9. The second-order valence-electron chi connectivity index (χ2n) is 8.08. The van der Waals surface area contributed by atoms with Crippen molar-refractivity contribution in [1.29, 1.82) is 0 Å². The summed E-state index contributed by atoms with van der Waals surface area (Å²) < 4.78 is 5.04. The van der Waals surface area contributed by atoms with Gasteiger partial charge in [-0.15, -0.1) is 0 Å². The Morgan fingerprint density at radius 3 is 2.07 bits per heavy atom. The van der Waals surface area contributed by atoms with Crippen LogP contribution in [0.1, 0.15) is 107 Å². The number of hydrogen-bond acceptors (Lipinski definition) is 3. The predicted molar refractivity (Wildman–Crippen MR) is 126 cm³/mol. The molecule has 0 aliphatic heterocycles. The summed E-state index contributed by atoms with van der Waals surface area (Å²) in [6.45, 7) is 2.95. The molecule has 0 radical (unpaired) electrons. The lowest BCUT2D eigenvalue weighted by Crippen LogP contribution is -2.24. The fourth-order valence-electron chi connectivity index (χ4n) is 3.50. The molecule has 1 aromatic rings. The summed E-state index contributed by atoms with van der Waals surface area (Å²) in [7, 11) is 1.48. The fraction of sp³-hybridized carbons (Fsp3) is 0.654. The van der Waals surface area contributed by atoms with Gasteiger partial charge in [0.1, 0.15) is 0 Å². The van der Waals surface area contributed by atoms with Gasteiger partial charge < -0.3 is 15.2 Å². The van der Waals surface area contributed by atoms with Crippen molar-refractivity contribution in [2.75, 3.05) is 13.7 Å². The van der Waals surface area contributed by atoms with Gasteiger partial charge in [-0.25, -0.2) is 0 Å². The van der Waals surface area contributed by atoms with Crippen molar-refractivity contribution in [2.24, 2.45) is 0 Å². The van der Waals surface area contributed by atoms with Crippen molar-refractivity contribution in [1.82, 2.24) is 5.32 Å². The molecule has 0 saturated carbocycles. The Morgan fingerprint density at radius 2 is 1.47 bits per heavy atom. The van der Waals surface area contributed by atoms with E-state index in [2.05, 4.69) is 24.4 Å². The molecule has 0 aromatic heterocycles. The molecule has 0 saturated heterocycles. The lowest BCUT2D eigenvalue weighted by molar-refractivity contribution is 0.0952. The Hall–Kier alpha value is -1.97. The van der Waals surface area contributed by atoms with E-state index >= 15 is 0 Å². The van der Waals surface area contributed by atoms with Crippen molar-refractivity contribution in [3.63, 3.8) is 0 Å². The third-order valence-electron chi connectivity index (χ3n) is 5.42. The summed E-state index contributed by atoms with van der Waals surface area (Å²) >= 11 is 0. The Bertz CT molecular complexity index is 598. The van der Waals surface area contributed by atoms with Crippen LogP contribution >= 0.6 is 0 Å². The van der Waals surface area contributed by atoms with Gasteiger partial charge in [0.25, 0.3) is 5.91 Å². The molecule has 1 aromatic carbocycles. The van der Waals surface area contributed by atoms with Gasteiger partial charge in [-0.1, -0.05) is 76.9 Å². The van der Waals surface area contributed by atoms with Crippen LogP contribution in [0, 0.1) is 0 Å². The summed E-state index contributed by atoms with van der Waals surface area (Å²) in [5, 5.41) is 12.5. The lowest BCUT2D eigenvalue weighted by Gasteiger charge is -2.08. The average molecular weight is 418 g/mol. The quantitative estimate of drug-likeness (QED) is 0.197. The van der Waals surface area contributed by atoms with E-state index in [1.54, 1.807) is 12.1 Å². The first-order chi connectivity index (χ1) is 14.7. The van der Waals surface area contributed by atoms with E-state index in [0.717, 1.165) is 12.8 Å². The summed E-state index contributed by atoms with van der Waals surface area (Å²) in [6, 6.07) is 4.65. The number of aromatic hydroxyl groups is 1. The molecule has 2 N–H and O–H groups in total. The van der Waals surface area contributed by atoms with Gasteiger partial charge in [0.2, 0.25) is 0 Å². The molecule has 1 rings (SSSR count). The minimum absolute atomic E-state index is 0.0438. The van der Waals surface area contributed by atoms with E-state index in [-0.39, 0.29) is 11.7 Å². The predicted octanol–water partition coefficient (Wildman–Crippen LogP) is 7.17. The van der Waals surface area contributed by atoms with E-state index in [1.165, 1.54) is 90.2 Å². The number of ether oxygens (including phenoxy) is 1. The van der Waals surface area contributed by atoms with Crippen LogP contribution in [0.4, 0.5) is 0 Å². The first-order valence-electron chi connectivity index (χ1n) is 12.0. The van der Waals surface area contributed by atoms with E-state index < -0.39 is 0 Å². The van der Waals surface area contributed by atoms with Crippen LogP contribution in [0.15, 0.2) is 30.4 Å². The van der Waals surface area contributed by atoms with Crippen LogP contribution < -0.4 is 10.1 Å². The largest absolute Gasteiger partial charge is 0.504 e. The summed E-state index contributed by atoms with van der Waals surface area (Å²) in [6.07, 6.45) is 22.6. The molecule has 1 amide bonds. The normalized spacial score (nSPS) is 11.1. The standard InChI is InChI=1S/C26H43NO3/c1-3-4-5-6-7-8-9-10-11-12-13-14-15-16-17-18-21-27-26(29)23-19-20-24(28)25(22-23)30-2/h10-11,19-20,22,28H,3-9,12-18,21H2,1-2H3,(H,27,29)/b11-10-. The number of amides is 1. The number of phenolic OH excluding ortho intramolecular Hbond substituents is 1. The topological polar surface area (TPSA) is 58.6 Å². The van der Waals surface area contributed by atoms with Crippen LogP contribution in [0.25, 0.3) is 0 Å². The van der Waals surface area contributed by atoms with E-state index in [0.29, 0.717) is 17.9 Å². The van der Waals surface area contributed by atoms with Crippen molar-refractivity contribution in [2.45, 2.75) is 96.8 Å². The van der Waals surface area contributed by atoms with Crippen molar-refractivity contribution >= 4 is 5.91 Å². The molecular weight excluding hydrogens is 374 g/mol. The third-order valence-corrected chi connectivity index (χ3v) is 5.42. The highest BCUT2D eigenvalue weighted by Gasteiger charge is 2.09. The number of nitrogens with one attached hydrogen (secondary N) is 1. The Balaban J connectivity index is 1.92. The smallest absolute Gasteiger partial charge is 0.251 e. The van der Waals surface area contributed by atoms with Crippen LogP contribution in [0.5, 0.6) is 11.5 Å². The van der Waals surface area contributed by atoms with Crippen LogP contribution in [0.2, 0.25) is 0 Å². The molecule has 4 heteroatoms. The molecule has 0 unspecified atom stereocenters. The molecule has 0 atom stereocenters. The highest BCUT2D eigenvalue weighted by atomic mass is 16.5. The monoisotopic (exact) mass is 417 g/mol. The summed E-state index contributed by atoms with van der Waals surface area (Å²) in [4.78, 5) is 12.1. The van der Waals surface area contributed by atoms with Gasteiger partial charge >= 0.3 is 0 Å². The van der Waals surface area contributed by atoms with Crippen LogP contribution in [0.3, 0.4) is 0 Å². The van der Waals surface area contributed by atoms with Crippen molar-refractivity contribution in [3.8, 4) is 11.5 Å². The van der Waals surface area contributed by atoms with Gasteiger partial charge in [0, 0.05) is 12.1 Å². The summed E-state index contributed by atoms with van der Waals surface area (Å²) in [5.74, 6) is 0.239. The summed E-state index contributed by atoms with van der Waals surface area (Å²) in [5.41, 5.74) is 0.509. The number of carbonyl (C=O) groups is 1. The molecule has 0 heterocycles. The Kier molecular flexibility index (Phi) is 15.5. The molecule has 0 aliphatic rings. The number of methoxy groups -OCH3 is 1. The van der Waals surface area contributed by atoms with Gasteiger partial charge in [-0.05, 0) is 50.3 Å². The number of unbranched alkanes of at least 4 members (excludes halogenated alkanes) is 12. The first-order valence-corrected chi connectivity index (χ1v) is 12.0. The highest BCUT2D eigenvalue weighted by Crippen LogP contribution is 2.26. The average Bonchev–Trinajstić information content (AvgIpc) is 2.76. The van der Waals surface area contributed by atoms with E-state index in [4.69, 9.17) is 4.74 Å². The molecule has 0 bridgehead atoms. The van der Waals surface area contributed by atoms with Crippen LogP contribution in [-0.2, 0) is 0 Å². The van der Waals surface area contributed by atoms with E-state index in [9.17, 15) is 9.90 Å². The number of carbonyl (C=O) groups excluding carboxylic acids is 1. The van der Waals surface area contributed by atoms with Gasteiger partial charge in [-0.3, -0.25) is 4.79 Å². The highest BCUT2D eigenvalue weighted by molar-refractivity contribution is 5.94. The Labute approximate surface area is 184 Å². The number of phenols is 1. The molecule has 0 fully saturated rings. The third kappa shape index (κ3) is 12.6. The fourth-order valence-corrected chi connectivity index (χ4v) is 3.50. The zero-order valence-electron chi connectivity index (χ0n) is 19.3. The van der Waals surface area contributed by atoms with E-state index in [1.807, 2.05) is 0 Å². The first kappa shape index (κ1) is 26.1. The molecule has 0 spiro atoms. The van der Waals surface area contributed by atoms with Gasteiger partial charge in [0.15, 0.2) is 11.5 Å². The maximum Gasteiger partial charge on any atom is 0.251 e. The second-order valence-corrected chi connectivity index (χ2v) is 8.08. The van der Waals surface area contributed by atoms with Gasteiger partial charge in [0.05, 0.1) is 7.11 Å². The second kappa shape index (κ2) is 17.9. The molecule has 170 valence electrons. The molecular formula is C26H43NO3. The van der Waals surface area contributed by atoms with Gasteiger partial charge in [-0.2, -0.15) is 0 Å². The number of benzene rings is 1. The van der Waals surface area contributed by atoms with Crippen LogP contribution in [-0.4, -0.2) is 24.7 Å². The molecule has 4 nitrogen and oxygen atoms in total. The van der Waals surface area contributed by atoms with Crippen molar-refractivity contribution < 1.29 is 14.6 Å². The number of hydrogen-bond donors (Lipinski definition) is 2. The molecule has 0 aliphatic carbocycles. The minimum Gasteiger partial charge on any atom is -0.504 e. The maximum absolute atomic E-state index is 12.1. The maximum atomic E-state index is 12.1. The lowest BCUT2D eigenvalue weighted by atomic mass is 10.1. The zero-order valence-corrected chi connectivity index (χ0v) is 19.3. The minimum atomic E-state index is -0.124. The SMILES string of the molecule is CCCCCCCC/C=C\CCCCCCCCNC(=O)c1ccc(O)c(OC)c1. The molecule has 30 heavy (non-hydrogen) atoms. The van der Waals surface area contributed by atoms with Crippen molar-refractivity contribution in [3.05, 3.63) is 35.9 Å². The number of allylic oxidation sites excluding steroid dienone is 2.